The number of imidazole rings is 1. The molecule has 3 nitrogen and oxygen atoms in total. The molecule has 2 aromatic rings. The van der Waals surface area contributed by atoms with Gasteiger partial charge in [0.15, 0.2) is 0 Å². The summed E-state index contributed by atoms with van der Waals surface area (Å²) in [6.07, 6.45) is 1.95. The van der Waals surface area contributed by atoms with Crippen molar-refractivity contribution in [2.24, 2.45) is 0 Å². The number of aromatic amines is 1. The van der Waals surface area contributed by atoms with Gasteiger partial charge in [-0.2, -0.15) is 0 Å². The normalized spacial score (nSPS) is 11.0. The van der Waals surface area contributed by atoms with E-state index in [1.54, 1.807) is 0 Å². The first-order valence-corrected chi connectivity index (χ1v) is 6.87. The van der Waals surface area contributed by atoms with Crippen molar-refractivity contribution < 1.29 is 0 Å². The van der Waals surface area contributed by atoms with Gasteiger partial charge in [-0.3, -0.25) is 0 Å². The summed E-state index contributed by atoms with van der Waals surface area (Å²) in [5.41, 5.74) is 7.76. The summed E-state index contributed by atoms with van der Waals surface area (Å²) >= 11 is 0. The van der Waals surface area contributed by atoms with Crippen molar-refractivity contribution in [1.82, 2.24) is 15.3 Å². The van der Waals surface area contributed by atoms with Crippen molar-refractivity contribution in [1.29, 1.82) is 0 Å². The Kier molecular flexibility index (Phi) is 4.05. The van der Waals surface area contributed by atoms with Crippen LogP contribution in [0.4, 0.5) is 0 Å². The average molecular weight is 257 g/mol. The third kappa shape index (κ3) is 2.71. The molecular weight excluding hydrogens is 234 g/mol. The zero-order valence-corrected chi connectivity index (χ0v) is 12.5. The maximum Gasteiger partial charge on any atom is 0.120 e. The van der Waals surface area contributed by atoms with Crippen LogP contribution in [0.3, 0.4) is 0 Å². The number of H-pyrrole nitrogens is 1. The average Bonchev–Trinajstić information content (AvgIpc) is 2.83. The Hall–Kier alpha value is -1.61. The number of nitrogens with zero attached hydrogens (tertiary/aromatic N) is 1. The number of hydrogen-bond donors (Lipinski definition) is 2. The van der Waals surface area contributed by atoms with E-state index in [2.05, 4.69) is 56.0 Å². The van der Waals surface area contributed by atoms with Gasteiger partial charge < -0.3 is 10.3 Å². The van der Waals surface area contributed by atoms with Gasteiger partial charge in [-0.05, 0) is 56.5 Å². The van der Waals surface area contributed by atoms with E-state index in [4.69, 9.17) is 0 Å². The van der Waals surface area contributed by atoms with Crippen molar-refractivity contribution in [2.45, 2.75) is 41.2 Å². The Morgan fingerprint density at radius 3 is 2.32 bits per heavy atom. The lowest BCUT2D eigenvalue weighted by Gasteiger charge is -2.13. The fourth-order valence-corrected chi connectivity index (χ4v) is 2.44. The topological polar surface area (TPSA) is 40.7 Å². The standard InChI is InChI=1S/C16H23N3/c1-6-17-9-15-18-8-14(19-15)16-12(4)10(2)7-11(3)13(16)5/h7-8,17H,6,9H2,1-5H3,(H,18,19). The number of rotatable bonds is 4. The van der Waals surface area contributed by atoms with Crippen LogP contribution in [-0.4, -0.2) is 16.5 Å². The highest BCUT2D eigenvalue weighted by Crippen LogP contribution is 2.30. The third-order valence-corrected chi connectivity index (χ3v) is 3.81. The molecule has 0 aliphatic carbocycles. The molecule has 0 fully saturated rings. The fourth-order valence-electron chi connectivity index (χ4n) is 2.44. The summed E-state index contributed by atoms with van der Waals surface area (Å²) in [5, 5.41) is 3.29. The van der Waals surface area contributed by atoms with Crippen LogP contribution in [0.2, 0.25) is 0 Å². The summed E-state index contributed by atoms with van der Waals surface area (Å²) in [7, 11) is 0. The van der Waals surface area contributed by atoms with Crippen molar-refractivity contribution in [2.75, 3.05) is 6.54 Å². The van der Waals surface area contributed by atoms with Gasteiger partial charge in [0.05, 0.1) is 18.4 Å². The highest BCUT2D eigenvalue weighted by molar-refractivity contribution is 5.70. The molecule has 1 aromatic carbocycles. The van der Waals surface area contributed by atoms with Crippen LogP contribution < -0.4 is 5.32 Å². The molecule has 0 atom stereocenters. The van der Waals surface area contributed by atoms with Crippen LogP contribution in [0.15, 0.2) is 12.3 Å². The zero-order chi connectivity index (χ0) is 14.0. The first-order chi connectivity index (χ1) is 9.04. The summed E-state index contributed by atoms with van der Waals surface area (Å²) < 4.78 is 0. The lowest BCUT2D eigenvalue weighted by atomic mass is 9.93. The van der Waals surface area contributed by atoms with Crippen molar-refractivity contribution in [3.63, 3.8) is 0 Å². The van der Waals surface area contributed by atoms with E-state index in [9.17, 15) is 0 Å². The minimum absolute atomic E-state index is 0.791. The second-order valence-corrected chi connectivity index (χ2v) is 5.16. The third-order valence-electron chi connectivity index (χ3n) is 3.81. The Labute approximate surface area is 115 Å². The second-order valence-electron chi connectivity index (χ2n) is 5.16. The largest absolute Gasteiger partial charge is 0.341 e. The van der Waals surface area contributed by atoms with E-state index in [1.165, 1.54) is 27.8 Å². The molecule has 102 valence electrons. The smallest absolute Gasteiger partial charge is 0.120 e. The van der Waals surface area contributed by atoms with Crippen LogP contribution in [0.5, 0.6) is 0 Å². The van der Waals surface area contributed by atoms with Gasteiger partial charge in [0.2, 0.25) is 0 Å². The van der Waals surface area contributed by atoms with Gasteiger partial charge in [0.25, 0.3) is 0 Å². The van der Waals surface area contributed by atoms with Crippen molar-refractivity contribution in [3.05, 3.63) is 40.3 Å². The molecule has 1 heterocycles. The summed E-state index contributed by atoms with van der Waals surface area (Å²) in [4.78, 5) is 7.88. The molecule has 19 heavy (non-hydrogen) atoms. The maximum absolute atomic E-state index is 4.45. The van der Waals surface area contributed by atoms with Crippen LogP contribution in [0.1, 0.15) is 35.0 Å². The van der Waals surface area contributed by atoms with E-state index in [1.807, 2.05) is 6.20 Å². The Bertz CT molecular complexity index is 556. The lowest BCUT2D eigenvalue weighted by Crippen LogP contribution is -2.12. The molecule has 0 radical (unpaired) electrons. The summed E-state index contributed by atoms with van der Waals surface area (Å²) in [6.45, 7) is 12.5. The highest BCUT2D eigenvalue weighted by Gasteiger charge is 2.12. The Morgan fingerprint density at radius 2 is 1.74 bits per heavy atom. The first-order valence-electron chi connectivity index (χ1n) is 6.87. The van der Waals surface area contributed by atoms with Gasteiger partial charge in [0.1, 0.15) is 5.82 Å². The quantitative estimate of drug-likeness (QED) is 0.881. The molecule has 0 unspecified atom stereocenters. The number of hydrogen-bond acceptors (Lipinski definition) is 2. The number of aryl methyl sites for hydroxylation is 2. The first kappa shape index (κ1) is 13.8. The van der Waals surface area contributed by atoms with Gasteiger partial charge in [0, 0.05) is 5.56 Å². The molecule has 0 aliphatic rings. The highest BCUT2D eigenvalue weighted by atomic mass is 15.0. The van der Waals surface area contributed by atoms with E-state index in [0.29, 0.717) is 0 Å². The molecule has 0 bridgehead atoms. The van der Waals surface area contributed by atoms with E-state index >= 15 is 0 Å². The predicted molar refractivity (Wildman–Crippen MR) is 80.4 cm³/mol. The lowest BCUT2D eigenvalue weighted by molar-refractivity contribution is 0.698. The predicted octanol–water partition coefficient (Wildman–Crippen LogP) is 3.42. The van der Waals surface area contributed by atoms with Crippen LogP contribution in [0, 0.1) is 27.7 Å². The second kappa shape index (κ2) is 5.57. The van der Waals surface area contributed by atoms with Gasteiger partial charge in [-0.1, -0.05) is 13.0 Å². The van der Waals surface area contributed by atoms with Crippen LogP contribution >= 0.6 is 0 Å². The molecule has 2 N–H and O–H groups in total. The number of nitrogens with one attached hydrogen (secondary N) is 2. The van der Waals surface area contributed by atoms with Crippen LogP contribution in [-0.2, 0) is 6.54 Å². The molecule has 3 heteroatoms. The molecule has 0 amide bonds. The van der Waals surface area contributed by atoms with Crippen LogP contribution in [0.25, 0.3) is 11.3 Å². The summed E-state index contributed by atoms with van der Waals surface area (Å²) in [6, 6.07) is 2.25. The maximum atomic E-state index is 4.45. The van der Waals surface area contributed by atoms with E-state index in [0.717, 1.165) is 24.6 Å². The molecule has 2 rings (SSSR count). The number of benzene rings is 1. The monoisotopic (exact) mass is 257 g/mol. The number of aromatic nitrogens is 2. The molecule has 1 aromatic heterocycles. The van der Waals surface area contributed by atoms with Gasteiger partial charge >= 0.3 is 0 Å². The van der Waals surface area contributed by atoms with Crippen molar-refractivity contribution in [3.8, 4) is 11.3 Å². The molecular formula is C16H23N3. The summed E-state index contributed by atoms with van der Waals surface area (Å²) in [5.74, 6) is 0.995. The van der Waals surface area contributed by atoms with Gasteiger partial charge in [-0.15, -0.1) is 0 Å². The Balaban J connectivity index is 2.44. The van der Waals surface area contributed by atoms with Gasteiger partial charge in [-0.25, -0.2) is 4.98 Å². The molecule has 0 aliphatic heterocycles. The molecule has 0 saturated carbocycles. The molecule has 0 saturated heterocycles. The minimum atomic E-state index is 0.791. The Morgan fingerprint density at radius 1 is 1.11 bits per heavy atom. The van der Waals surface area contributed by atoms with E-state index < -0.39 is 0 Å². The fraction of sp³-hybridized carbons (Fsp3) is 0.438. The van der Waals surface area contributed by atoms with Crippen molar-refractivity contribution >= 4 is 0 Å². The zero-order valence-electron chi connectivity index (χ0n) is 12.5. The SMILES string of the molecule is CCNCc1ncc(-c2c(C)c(C)cc(C)c2C)[nH]1. The minimum Gasteiger partial charge on any atom is -0.341 e. The molecule has 0 spiro atoms. The van der Waals surface area contributed by atoms with E-state index in [-0.39, 0.29) is 0 Å².